The molecule has 5 nitrogen and oxygen atoms in total. The lowest BCUT2D eigenvalue weighted by molar-refractivity contribution is -0.120. The molecule has 4 rings (SSSR count). The SMILES string of the molecule is CC(C(=O)Nc1ccc2ccccc2c1)N1CCCN(C(=O)c2cccc(Cl)c2)CC1. The Labute approximate surface area is 187 Å². The van der Waals surface area contributed by atoms with Crippen LogP contribution in [0.3, 0.4) is 0 Å². The minimum absolute atomic E-state index is 0.0161. The smallest absolute Gasteiger partial charge is 0.253 e. The maximum atomic E-state index is 12.9. The van der Waals surface area contributed by atoms with Gasteiger partial charge < -0.3 is 10.2 Å². The maximum Gasteiger partial charge on any atom is 0.253 e. The highest BCUT2D eigenvalue weighted by molar-refractivity contribution is 6.30. The van der Waals surface area contributed by atoms with Crippen molar-refractivity contribution in [2.45, 2.75) is 19.4 Å². The largest absolute Gasteiger partial charge is 0.337 e. The van der Waals surface area contributed by atoms with Crippen molar-refractivity contribution in [1.82, 2.24) is 9.80 Å². The molecule has 160 valence electrons. The average molecular weight is 436 g/mol. The van der Waals surface area contributed by atoms with Gasteiger partial charge in [0, 0.05) is 42.5 Å². The van der Waals surface area contributed by atoms with Crippen LogP contribution in [0.2, 0.25) is 5.02 Å². The fourth-order valence-corrected chi connectivity index (χ4v) is 4.20. The molecule has 6 heteroatoms. The quantitative estimate of drug-likeness (QED) is 0.648. The Morgan fingerprint density at radius 3 is 2.52 bits per heavy atom. The van der Waals surface area contributed by atoms with Gasteiger partial charge in [-0.1, -0.05) is 48.0 Å². The third-order valence-corrected chi connectivity index (χ3v) is 6.07. The third kappa shape index (κ3) is 5.06. The minimum Gasteiger partial charge on any atom is -0.337 e. The Kier molecular flexibility index (Phi) is 6.54. The second kappa shape index (κ2) is 9.50. The molecule has 3 aromatic carbocycles. The molecule has 1 aliphatic rings. The summed E-state index contributed by atoms with van der Waals surface area (Å²) in [7, 11) is 0. The van der Waals surface area contributed by atoms with E-state index in [2.05, 4.69) is 16.3 Å². The van der Waals surface area contributed by atoms with Crippen LogP contribution in [-0.2, 0) is 4.79 Å². The predicted octanol–water partition coefficient (Wildman–Crippen LogP) is 4.67. The number of carbonyl (C=O) groups is 2. The summed E-state index contributed by atoms with van der Waals surface area (Å²) >= 11 is 6.03. The molecule has 0 aromatic heterocycles. The average Bonchev–Trinajstić information content (AvgIpc) is 3.04. The number of halogens is 1. The zero-order valence-corrected chi connectivity index (χ0v) is 18.3. The molecular formula is C25H26ClN3O2. The number of hydrogen-bond donors (Lipinski definition) is 1. The van der Waals surface area contributed by atoms with Gasteiger partial charge in [-0.25, -0.2) is 0 Å². The number of anilines is 1. The van der Waals surface area contributed by atoms with Crippen molar-refractivity contribution < 1.29 is 9.59 Å². The standard InChI is InChI=1S/C25H26ClN3O2/c1-18(24(30)27-23-11-10-19-6-2-3-7-20(19)17-23)28-12-5-13-29(15-14-28)25(31)21-8-4-9-22(26)16-21/h2-4,6-11,16-18H,5,12-15H2,1H3,(H,27,30). The van der Waals surface area contributed by atoms with Gasteiger partial charge in [-0.15, -0.1) is 0 Å². The van der Waals surface area contributed by atoms with Gasteiger partial charge >= 0.3 is 0 Å². The van der Waals surface area contributed by atoms with Crippen molar-refractivity contribution in [2.75, 3.05) is 31.5 Å². The van der Waals surface area contributed by atoms with E-state index in [4.69, 9.17) is 11.6 Å². The second-order valence-corrected chi connectivity index (χ2v) is 8.36. The molecule has 1 aliphatic heterocycles. The summed E-state index contributed by atoms with van der Waals surface area (Å²) < 4.78 is 0. The summed E-state index contributed by atoms with van der Waals surface area (Å²) in [6.45, 7) is 4.59. The first kappa shape index (κ1) is 21.3. The third-order valence-electron chi connectivity index (χ3n) is 5.83. The molecule has 1 atom stereocenters. The summed E-state index contributed by atoms with van der Waals surface area (Å²) in [5, 5.41) is 5.84. The Hall–Kier alpha value is -2.89. The molecule has 3 aromatic rings. The highest BCUT2D eigenvalue weighted by Crippen LogP contribution is 2.20. The Morgan fingerprint density at radius 1 is 0.903 bits per heavy atom. The molecule has 1 N–H and O–H groups in total. The van der Waals surface area contributed by atoms with Crippen LogP contribution in [0.4, 0.5) is 5.69 Å². The second-order valence-electron chi connectivity index (χ2n) is 7.92. The number of benzene rings is 3. The molecule has 0 bridgehead atoms. The van der Waals surface area contributed by atoms with E-state index in [1.807, 2.05) is 48.2 Å². The lowest BCUT2D eigenvalue weighted by Gasteiger charge is -2.27. The van der Waals surface area contributed by atoms with Gasteiger partial charge in [-0.05, 0) is 54.4 Å². The number of rotatable bonds is 4. The van der Waals surface area contributed by atoms with E-state index in [1.165, 1.54) is 0 Å². The molecule has 0 spiro atoms. The first-order valence-corrected chi connectivity index (χ1v) is 11.0. The van der Waals surface area contributed by atoms with Gasteiger partial charge in [0.2, 0.25) is 5.91 Å². The van der Waals surface area contributed by atoms with Gasteiger partial charge in [-0.2, -0.15) is 0 Å². The summed E-state index contributed by atoms with van der Waals surface area (Å²) in [6.07, 6.45) is 0.819. The van der Waals surface area contributed by atoms with Crippen LogP contribution in [0.25, 0.3) is 10.8 Å². The molecule has 1 heterocycles. The Balaban J connectivity index is 1.37. The zero-order chi connectivity index (χ0) is 21.8. The lowest BCUT2D eigenvalue weighted by atomic mass is 10.1. The van der Waals surface area contributed by atoms with Gasteiger partial charge in [0.1, 0.15) is 0 Å². The van der Waals surface area contributed by atoms with Crippen LogP contribution in [0.5, 0.6) is 0 Å². The van der Waals surface area contributed by atoms with E-state index in [0.29, 0.717) is 30.2 Å². The fraction of sp³-hybridized carbons (Fsp3) is 0.280. The molecule has 2 amide bonds. The van der Waals surface area contributed by atoms with Gasteiger partial charge in [0.05, 0.1) is 6.04 Å². The van der Waals surface area contributed by atoms with E-state index in [9.17, 15) is 9.59 Å². The lowest BCUT2D eigenvalue weighted by Crippen LogP contribution is -2.44. The molecular weight excluding hydrogens is 410 g/mol. The topological polar surface area (TPSA) is 52.7 Å². The van der Waals surface area contributed by atoms with Crippen molar-refractivity contribution in [3.63, 3.8) is 0 Å². The van der Waals surface area contributed by atoms with Gasteiger partial charge in [0.25, 0.3) is 5.91 Å². The van der Waals surface area contributed by atoms with Crippen molar-refractivity contribution in [3.8, 4) is 0 Å². The first-order valence-electron chi connectivity index (χ1n) is 10.6. The van der Waals surface area contributed by atoms with Crippen LogP contribution in [0, 0.1) is 0 Å². The molecule has 31 heavy (non-hydrogen) atoms. The predicted molar refractivity (Wildman–Crippen MR) is 126 cm³/mol. The number of carbonyl (C=O) groups excluding carboxylic acids is 2. The molecule has 0 aliphatic carbocycles. The molecule has 0 radical (unpaired) electrons. The normalized spacial score (nSPS) is 16.0. The fourth-order valence-electron chi connectivity index (χ4n) is 4.01. The number of amides is 2. The minimum atomic E-state index is -0.285. The van der Waals surface area contributed by atoms with Crippen LogP contribution >= 0.6 is 11.6 Å². The van der Waals surface area contributed by atoms with Crippen LogP contribution in [0.1, 0.15) is 23.7 Å². The van der Waals surface area contributed by atoms with Crippen molar-refractivity contribution in [2.24, 2.45) is 0 Å². The number of fused-ring (bicyclic) bond motifs is 1. The van der Waals surface area contributed by atoms with E-state index in [-0.39, 0.29) is 17.9 Å². The maximum absolute atomic E-state index is 12.9. The molecule has 1 fully saturated rings. The highest BCUT2D eigenvalue weighted by atomic mass is 35.5. The summed E-state index contributed by atoms with van der Waals surface area (Å²) in [5.74, 6) is -0.0532. The number of hydrogen-bond acceptors (Lipinski definition) is 3. The van der Waals surface area contributed by atoms with Crippen LogP contribution in [-0.4, -0.2) is 53.8 Å². The van der Waals surface area contributed by atoms with Crippen molar-refractivity contribution in [1.29, 1.82) is 0 Å². The first-order chi connectivity index (χ1) is 15.0. The van der Waals surface area contributed by atoms with E-state index in [1.54, 1.807) is 24.3 Å². The number of nitrogens with one attached hydrogen (secondary N) is 1. The summed E-state index contributed by atoms with van der Waals surface area (Å²) in [6, 6.07) is 20.8. The van der Waals surface area contributed by atoms with Crippen molar-refractivity contribution in [3.05, 3.63) is 77.3 Å². The molecule has 1 saturated heterocycles. The van der Waals surface area contributed by atoms with E-state index in [0.717, 1.165) is 29.4 Å². The van der Waals surface area contributed by atoms with Crippen LogP contribution < -0.4 is 5.32 Å². The Bertz CT molecular complexity index is 1100. The van der Waals surface area contributed by atoms with Crippen LogP contribution in [0.15, 0.2) is 66.7 Å². The zero-order valence-electron chi connectivity index (χ0n) is 17.6. The van der Waals surface area contributed by atoms with E-state index < -0.39 is 0 Å². The van der Waals surface area contributed by atoms with Gasteiger partial charge in [-0.3, -0.25) is 14.5 Å². The summed E-state index contributed by atoms with van der Waals surface area (Å²) in [4.78, 5) is 29.7. The Morgan fingerprint density at radius 2 is 1.71 bits per heavy atom. The number of nitrogens with zero attached hydrogens (tertiary/aromatic N) is 2. The van der Waals surface area contributed by atoms with E-state index >= 15 is 0 Å². The van der Waals surface area contributed by atoms with Gasteiger partial charge in [0.15, 0.2) is 0 Å². The highest BCUT2D eigenvalue weighted by Gasteiger charge is 2.26. The molecule has 0 saturated carbocycles. The monoisotopic (exact) mass is 435 g/mol. The molecule has 1 unspecified atom stereocenters. The summed E-state index contributed by atoms with van der Waals surface area (Å²) in [5.41, 5.74) is 1.39. The van der Waals surface area contributed by atoms with Crippen molar-refractivity contribution >= 4 is 39.9 Å².